The van der Waals surface area contributed by atoms with Gasteiger partial charge >= 0.3 is 5.97 Å². The van der Waals surface area contributed by atoms with Crippen LogP contribution in [0.2, 0.25) is 0 Å². The molecule has 4 nitrogen and oxygen atoms in total. The van der Waals surface area contributed by atoms with Crippen molar-refractivity contribution in [1.82, 2.24) is 5.32 Å². The van der Waals surface area contributed by atoms with Crippen LogP contribution in [0.5, 0.6) is 0 Å². The van der Waals surface area contributed by atoms with Crippen LogP contribution in [0.15, 0.2) is 11.6 Å². The number of hydrogen-bond acceptors (Lipinski definition) is 2. The van der Waals surface area contributed by atoms with Gasteiger partial charge in [-0.3, -0.25) is 9.59 Å². The highest BCUT2D eigenvalue weighted by Crippen LogP contribution is 1.96. The van der Waals surface area contributed by atoms with Crippen molar-refractivity contribution in [3.63, 3.8) is 0 Å². The van der Waals surface area contributed by atoms with Crippen LogP contribution >= 0.6 is 0 Å². The summed E-state index contributed by atoms with van der Waals surface area (Å²) in [6.45, 7) is 3.42. The first-order valence-corrected chi connectivity index (χ1v) is 3.73. The van der Waals surface area contributed by atoms with Gasteiger partial charge in [-0.05, 0) is 13.3 Å². The molecule has 0 saturated carbocycles. The zero-order valence-electron chi connectivity index (χ0n) is 7.26. The van der Waals surface area contributed by atoms with Crippen LogP contribution in [-0.2, 0) is 9.59 Å². The van der Waals surface area contributed by atoms with Gasteiger partial charge in [0.15, 0.2) is 0 Å². The number of rotatable bonds is 4. The van der Waals surface area contributed by atoms with Crippen molar-refractivity contribution in [2.75, 3.05) is 6.54 Å². The molecule has 0 rings (SSSR count). The molecular formula is C8H13NO3. The molecule has 0 aromatic carbocycles. The van der Waals surface area contributed by atoms with E-state index in [1.54, 1.807) is 0 Å². The van der Waals surface area contributed by atoms with Crippen molar-refractivity contribution in [1.29, 1.82) is 0 Å². The molecule has 0 aliphatic heterocycles. The van der Waals surface area contributed by atoms with Gasteiger partial charge in [0.2, 0.25) is 5.91 Å². The molecular weight excluding hydrogens is 158 g/mol. The SMILES string of the molecule is CCC(C)=CC(=O)NCC(=O)O. The fourth-order valence-electron chi connectivity index (χ4n) is 0.540. The molecule has 1 amide bonds. The minimum Gasteiger partial charge on any atom is -0.480 e. The molecule has 0 atom stereocenters. The van der Waals surface area contributed by atoms with Gasteiger partial charge in [0.25, 0.3) is 0 Å². The summed E-state index contributed by atoms with van der Waals surface area (Å²) in [7, 11) is 0. The minimum atomic E-state index is -1.04. The van der Waals surface area contributed by atoms with Crippen LogP contribution in [0.3, 0.4) is 0 Å². The third-order valence-corrected chi connectivity index (χ3v) is 1.35. The Hall–Kier alpha value is -1.32. The summed E-state index contributed by atoms with van der Waals surface area (Å²) in [4.78, 5) is 20.9. The van der Waals surface area contributed by atoms with Crippen molar-refractivity contribution < 1.29 is 14.7 Å². The normalized spacial score (nSPS) is 11.0. The first kappa shape index (κ1) is 10.7. The monoisotopic (exact) mass is 171 g/mol. The predicted molar refractivity (Wildman–Crippen MR) is 44.7 cm³/mol. The molecule has 0 aromatic rings. The number of hydrogen-bond donors (Lipinski definition) is 2. The second kappa shape index (κ2) is 5.35. The lowest BCUT2D eigenvalue weighted by molar-refractivity contribution is -0.137. The topological polar surface area (TPSA) is 66.4 Å². The lowest BCUT2D eigenvalue weighted by Gasteiger charge is -1.97. The summed E-state index contributed by atoms with van der Waals surface area (Å²) in [5.41, 5.74) is 0.929. The second-order valence-electron chi connectivity index (χ2n) is 2.46. The highest BCUT2D eigenvalue weighted by atomic mass is 16.4. The number of carboxylic acid groups (broad SMARTS) is 1. The summed E-state index contributed by atoms with van der Waals surface area (Å²) in [5, 5.41) is 10.5. The maximum Gasteiger partial charge on any atom is 0.322 e. The van der Waals surface area contributed by atoms with Crippen molar-refractivity contribution in [3.05, 3.63) is 11.6 Å². The number of allylic oxidation sites excluding steroid dienone is 1. The number of carbonyl (C=O) groups excluding carboxylic acids is 1. The standard InChI is InChI=1S/C8H13NO3/c1-3-6(2)4-7(10)9-5-8(11)12/h4H,3,5H2,1-2H3,(H,9,10)(H,11,12). The molecule has 4 heteroatoms. The van der Waals surface area contributed by atoms with Crippen molar-refractivity contribution >= 4 is 11.9 Å². The Labute approximate surface area is 71.3 Å². The van der Waals surface area contributed by atoms with Gasteiger partial charge < -0.3 is 10.4 Å². The highest BCUT2D eigenvalue weighted by molar-refractivity contribution is 5.90. The van der Waals surface area contributed by atoms with Gasteiger partial charge in [0.1, 0.15) is 6.54 Å². The van der Waals surface area contributed by atoms with Crippen LogP contribution in [-0.4, -0.2) is 23.5 Å². The summed E-state index contributed by atoms with van der Waals surface area (Å²) >= 11 is 0. The Kier molecular flexibility index (Phi) is 4.76. The molecule has 0 saturated heterocycles. The third kappa shape index (κ3) is 5.46. The number of carboxylic acids is 1. The van der Waals surface area contributed by atoms with Gasteiger partial charge in [-0.15, -0.1) is 0 Å². The Bertz CT molecular complexity index is 208. The van der Waals surface area contributed by atoms with Gasteiger partial charge in [0, 0.05) is 6.08 Å². The Morgan fingerprint density at radius 1 is 1.50 bits per heavy atom. The number of amides is 1. The lowest BCUT2D eigenvalue weighted by atomic mass is 10.2. The van der Waals surface area contributed by atoms with Gasteiger partial charge in [0.05, 0.1) is 0 Å². The van der Waals surface area contributed by atoms with Crippen molar-refractivity contribution in [2.45, 2.75) is 20.3 Å². The molecule has 0 bridgehead atoms. The van der Waals surface area contributed by atoms with E-state index in [9.17, 15) is 9.59 Å². The Morgan fingerprint density at radius 2 is 2.08 bits per heavy atom. The fourth-order valence-corrected chi connectivity index (χ4v) is 0.540. The first-order chi connectivity index (χ1) is 5.56. The van der Waals surface area contributed by atoms with Crippen LogP contribution in [0.1, 0.15) is 20.3 Å². The number of nitrogens with one attached hydrogen (secondary N) is 1. The number of carbonyl (C=O) groups is 2. The van der Waals surface area contributed by atoms with E-state index in [0.29, 0.717) is 0 Å². The second-order valence-corrected chi connectivity index (χ2v) is 2.46. The number of aliphatic carboxylic acids is 1. The molecule has 0 spiro atoms. The van der Waals surface area contributed by atoms with Crippen molar-refractivity contribution in [2.24, 2.45) is 0 Å². The highest BCUT2D eigenvalue weighted by Gasteiger charge is 1.99. The molecule has 0 aromatic heterocycles. The minimum absolute atomic E-state index is 0.327. The average Bonchev–Trinajstić information content (AvgIpc) is 2.00. The van der Waals surface area contributed by atoms with E-state index < -0.39 is 5.97 Å². The van der Waals surface area contributed by atoms with E-state index in [2.05, 4.69) is 5.32 Å². The fraction of sp³-hybridized carbons (Fsp3) is 0.500. The van der Waals surface area contributed by atoms with E-state index in [1.807, 2.05) is 13.8 Å². The summed E-state index contributed by atoms with van der Waals surface area (Å²) in [6, 6.07) is 0. The van der Waals surface area contributed by atoms with Crippen molar-refractivity contribution in [3.8, 4) is 0 Å². The van der Waals surface area contributed by atoms with Gasteiger partial charge in [-0.1, -0.05) is 12.5 Å². The molecule has 68 valence electrons. The van der Waals surface area contributed by atoms with E-state index in [1.165, 1.54) is 6.08 Å². The van der Waals surface area contributed by atoms with Crippen LogP contribution in [0.25, 0.3) is 0 Å². The Morgan fingerprint density at radius 3 is 2.50 bits per heavy atom. The van der Waals surface area contributed by atoms with E-state index >= 15 is 0 Å². The van der Waals surface area contributed by atoms with Crippen LogP contribution in [0, 0.1) is 0 Å². The van der Waals surface area contributed by atoms with Crippen LogP contribution < -0.4 is 5.32 Å². The summed E-state index contributed by atoms with van der Waals surface area (Å²) in [6.07, 6.45) is 2.20. The molecule has 2 N–H and O–H groups in total. The predicted octanol–water partition coefficient (Wildman–Crippen LogP) is 0.544. The van der Waals surface area contributed by atoms with E-state index in [0.717, 1.165) is 12.0 Å². The third-order valence-electron chi connectivity index (χ3n) is 1.35. The lowest BCUT2D eigenvalue weighted by Crippen LogP contribution is -2.27. The van der Waals surface area contributed by atoms with Crippen LogP contribution in [0.4, 0.5) is 0 Å². The maximum absolute atomic E-state index is 10.9. The molecule has 0 unspecified atom stereocenters. The summed E-state index contributed by atoms with van der Waals surface area (Å²) in [5.74, 6) is -1.39. The molecule has 0 fully saturated rings. The van der Waals surface area contributed by atoms with E-state index in [-0.39, 0.29) is 12.5 Å². The molecule has 0 aliphatic carbocycles. The first-order valence-electron chi connectivity index (χ1n) is 3.73. The van der Waals surface area contributed by atoms with E-state index in [4.69, 9.17) is 5.11 Å². The largest absolute Gasteiger partial charge is 0.480 e. The molecule has 0 radical (unpaired) electrons. The average molecular weight is 171 g/mol. The smallest absolute Gasteiger partial charge is 0.322 e. The zero-order valence-corrected chi connectivity index (χ0v) is 7.26. The quantitative estimate of drug-likeness (QED) is 0.607. The van der Waals surface area contributed by atoms with Gasteiger partial charge in [-0.25, -0.2) is 0 Å². The molecule has 12 heavy (non-hydrogen) atoms. The molecule has 0 aliphatic rings. The zero-order chi connectivity index (χ0) is 9.56. The Balaban J connectivity index is 3.82. The molecule has 0 heterocycles. The summed E-state index contributed by atoms with van der Waals surface area (Å²) < 4.78 is 0. The van der Waals surface area contributed by atoms with Gasteiger partial charge in [-0.2, -0.15) is 0 Å². The maximum atomic E-state index is 10.9.